The molecule has 0 bridgehead atoms. The van der Waals surface area contributed by atoms with Crippen molar-refractivity contribution in [3.63, 3.8) is 0 Å². The number of hydrogen-bond donors (Lipinski definition) is 1. The summed E-state index contributed by atoms with van der Waals surface area (Å²) in [6.45, 7) is 9.46. The third-order valence-electron chi connectivity index (χ3n) is 7.65. The molecule has 1 fully saturated rings. The lowest BCUT2D eigenvalue weighted by Gasteiger charge is -2.38. The van der Waals surface area contributed by atoms with Crippen molar-refractivity contribution >= 4 is 23.3 Å². The van der Waals surface area contributed by atoms with Gasteiger partial charge in [0.25, 0.3) is 0 Å². The Bertz CT molecular complexity index is 1640. The maximum atomic E-state index is 12.2. The van der Waals surface area contributed by atoms with Gasteiger partial charge in [-0.1, -0.05) is 41.6 Å². The van der Waals surface area contributed by atoms with E-state index in [1.807, 2.05) is 23.0 Å². The summed E-state index contributed by atoms with van der Waals surface area (Å²) in [6.07, 6.45) is 2.70. The van der Waals surface area contributed by atoms with E-state index in [0.717, 1.165) is 17.8 Å². The lowest BCUT2D eigenvalue weighted by atomic mass is 9.74. The van der Waals surface area contributed by atoms with Crippen LogP contribution in [0.3, 0.4) is 0 Å². The molecular weight excluding hydrogens is 542 g/mol. The first kappa shape index (κ1) is 27.0. The van der Waals surface area contributed by atoms with E-state index < -0.39 is 5.97 Å². The van der Waals surface area contributed by atoms with Crippen LogP contribution in [0.15, 0.2) is 73.1 Å². The van der Waals surface area contributed by atoms with Gasteiger partial charge in [0, 0.05) is 22.0 Å². The molecule has 4 heterocycles. The molecule has 1 saturated heterocycles. The van der Waals surface area contributed by atoms with Gasteiger partial charge in [-0.05, 0) is 62.2 Å². The summed E-state index contributed by atoms with van der Waals surface area (Å²) in [5.74, 6) is 0.186. The van der Waals surface area contributed by atoms with E-state index in [4.69, 9.17) is 25.8 Å². The first-order valence-electron chi connectivity index (χ1n) is 13.5. The second kappa shape index (κ2) is 11.0. The number of benzene rings is 2. The van der Waals surface area contributed by atoms with Crippen LogP contribution in [0.2, 0.25) is 5.02 Å². The molecule has 1 spiro atoms. The van der Waals surface area contributed by atoms with Gasteiger partial charge in [0.2, 0.25) is 0 Å². The fraction of sp³-hybridized carbons (Fsp3) is 0.290. The quantitative estimate of drug-likeness (QED) is 0.274. The van der Waals surface area contributed by atoms with Crippen LogP contribution in [0, 0.1) is 6.92 Å². The Morgan fingerprint density at radius 3 is 2.93 bits per heavy atom. The predicted octanol–water partition coefficient (Wildman–Crippen LogP) is 5.90. The molecule has 10 heteroatoms. The SMILES string of the molecule is C=C1Nc2ccccc2C12COCC(n1cc(COc3ccc(Cl)cc3-c3ccc(C(=O)OCC)c(C)n3)nn1)C2. The summed E-state index contributed by atoms with van der Waals surface area (Å²) in [5, 5.41) is 12.8. The number of nitrogens with zero attached hydrogens (tertiary/aromatic N) is 4. The lowest BCUT2D eigenvalue weighted by Crippen LogP contribution is -2.41. The number of anilines is 1. The molecule has 4 aromatic rings. The van der Waals surface area contributed by atoms with Gasteiger partial charge in [-0.25, -0.2) is 9.48 Å². The van der Waals surface area contributed by atoms with Crippen molar-refractivity contribution in [1.29, 1.82) is 0 Å². The highest BCUT2D eigenvalue weighted by Crippen LogP contribution is 2.49. The minimum Gasteiger partial charge on any atom is -0.486 e. The van der Waals surface area contributed by atoms with Crippen molar-refractivity contribution in [3.8, 4) is 17.0 Å². The summed E-state index contributed by atoms with van der Waals surface area (Å²) >= 11 is 6.32. The number of pyridine rings is 1. The third kappa shape index (κ3) is 5.07. The van der Waals surface area contributed by atoms with Crippen molar-refractivity contribution < 1.29 is 19.0 Å². The lowest BCUT2D eigenvalue weighted by molar-refractivity contribution is 0.0125. The topological polar surface area (TPSA) is 100 Å². The van der Waals surface area contributed by atoms with Crippen LogP contribution in [0.1, 0.15) is 46.7 Å². The van der Waals surface area contributed by atoms with E-state index >= 15 is 0 Å². The van der Waals surface area contributed by atoms with Crippen LogP contribution in [0.5, 0.6) is 5.75 Å². The average Bonchev–Trinajstić information content (AvgIpc) is 3.55. The number of aryl methyl sites for hydroxylation is 1. The van der Waals surface area contributed by atoms with Crippen LogP contribution in [0.4, 0.5) is 5.69 Å². The zero-order valence-corrected chi connectivity index (χ0v) is 23.6. The van der Waals surface area contributed by atoms with E-state index in [1.165, 1.54) is 5.56 Å². The Kier molecular flexibility index (Phi) is 7.23. The molecule has 41 heavy (non-hydrogen) atoms. The van der Waals surface area contributed by atoms with Crippen molar-refractivity contribution in [2.75, 3.05) is 25.1 Å². The molecule has 9 nitrogen and oxygen atoms in total. The van der Waals surface area contributed by atoms with E-state index in [0.29, 0.717) is 58.8 Å². The van der Waals surface area contributed by atoms with Crippen LogP contribution < -0.4 is 10.1 Å². The molecule has 2 atom stereocenters. The number of ether oxygens (including phenoxy) is 3. The highest BCUT2D eigenvalue weighted by atomic mass is 35.5. The van der Waals surface area contributed by atoms with Crippen LogP contribution in [0.25, 0.3) is 11.3 Å². The number of hydrogen-bond acceptors (Lipinski definition) is 8. The molecular formula is C31H30ClN5O4. The summed E-state index contributed by atoms with van der Waals surface area (Å²) in [4.78, 5) is 16.8. The van der Waals surface area contributed by atoms with E-state index in [2.05, 4.69) is 39.3 Å². The van der Waals surface area contributed by atoms with Crippen LogP contribution >= 0.6 is 11.6 Å². The molecule has 1 N–H and O–H groups in total. The number of aromatic nitrogens is 4. The first-order chi connectivity index (χ1) is 19.9. The normalized spacial score (nSPS) is 19.6. The number of esters is 1. The number of nitrogens with one attached hydrogen (secondary N) is 1. The minimum absolute atomic E-state index is 0.00844. The second-order valence-corrected chi connectivity index (χ2v) is 10.7. The molecule has 2 aromatic heterocycles. The van der Waals surface area contributed by atoms with Crippen molar-refractivity contribution in [1.82, 2.24) is 20.0 Å². The fourth-order valence-corrected chi connectivity index (χ4v) is 5.76. The monoisotopic (exact) mass is 571 g/mol. The predicted molar refractivity (Wildman–Crippen MR) is 155 cm³/mol. The first-order valence-corrected chi connectivity index (χ1v) is 13.9. The van der Waals surface area contributed by atoms with Gasteiger partial charge in [0.1, 0.15) is 18.1 Å². The standard InChI is InChI=1S/C31H30ClN5O4/c1-4-40-30(38)24-10-11-27(33-19(24)2)25-13-21(32)9-12-29(25)41-16-22-15-37(36-35-22)23-14-31(18-39-17-23)20(3)34-28-8-6-5-7-26(28)31/h5-13,15,23,34H,3-4,14,16-18H2,1-2H3. The van der Waals surface area contributed by atoms with Crippen molar-refractivity contribution in [3.05, 3.63) is 101 Å². The van der Waals surface area contributed by atoms with Crippen LogP contribution in [-0.4, -0.2) is 45.8 Å². The largest absolute Gasteiger partial charge is 0.486 e. The van der Waals surface area contributed by atoms with Crippen LogP contribution in [-0.2, 0) is 21.5 Å². The maximum absolute atomic E-state index is 12.2. The maximum Gasteiger partial charge on any atom is 0.339 e. The number of fused-ring (bicyclic) bond motifs is 2. The number of carbonyl (C=O) groups is 1. The Balaban J connectivity index is 1.19. The van der Waals surface area contributed by atoms with Gasteiger partial charge < -0.3 is 19.5 Å². The molecule has 2 aliphatic heterocycles. The summed E-state index contributed by atoms with van der Waals surface area (Å²) < 4.78 is 19.3. The van der Waals surface area contributed by atoms with Gasteiger partial charge >= 0.3 is 5.97 Å². The molecule has 6 rings (SSSR count). The van der Waals surface area contributed by atoms with E-state index in [9.17, 15) is 4.79 Å². The Morgan fingerprint density at radius 2 is 2.10 bits per heavy atom. The molecule has 0 saturated carbocycles. The minimum atomic E-state index is -0.401. The zero-order valence-electron chi connectivity index (χ0n) is 22.9. The molecule has 210 valence electrons. The zero-order chi connectivity index (χ0) is 28.6. The number of carbonyl (C=O) groups excluding carboxylic acids is 1. The Morgan fingerprint density at radius 1 is 1.24 bits per heavy atom. The van der Waals surface area contributed by atoms with Gasteiger partial charge in [0.05, 0.1) is 54.4 Å². The molecule has 2 aromatic carbocycles. The molecule has 0 aliphatic carbocycles. The van der Waals surface area contributed by atoms with Crippen molar-refractivity contribution in [2.45, 2.75) is 38.3 Å². The number of halogens is 1. The summed E-state index contributed by atoms with van der Waals surface area (Å²) in [7, 11) is 0. The van der Waals surface area contributed by atoms with Gasteiger partial charge in [-0.3, -0.25) is 4.98 Å². The third-order valence-corrected chi connectivity index (χ3v) is 7.89. The summed E-state index contributed by atoms with van der Waals surface area (Å²) in [6, 6.07) is 17.1. The highest BCUT2D eigenvalue weighted by molar-refractivity contribution is 6.31. The highest BCUT2D eigenvalue weighted by Gasteiger charge is 2.47. The summed E-state index contributed by atoms with van der Waals surface area (Å²) in [5.41, 5.74) is 5.91. The second-order valence-electron chi connectivity index (χ2n) is 10.3. The number of rotatable bonds is 7. The molecule has 0 amide bonds. The Labute approximate surface area is 243 Å². The Hall–Kier alpha value is -4.21. The smallest absolute Gasteiger partial charge is 0.339 e. The van der Waals surface area contributed by atoms with E-state index in [1.54, 1.807) is 44.2 Å². The van der Waals surface area contributed by atoms with Gasteiger partial charge in [-0.15, -0.1) is 5.10 Å². The number of para-hydroxylation sites is 1. The van der Waals surface area contributed by atoms with Gasteiger partial charge in [-0.2, -0.15) is 0 Å². The molecule has 0 radical (unpaired) electrons. The molecule has 2 unspecified atom stereocenters. The van der Waals surface area contributed by atoms with E-state index in [-0.39, 0.29) is 18.1 Å². The average molecular weight is 572 g/mol. The molecule has 2 aliphatic rings. The fourth-order valence-electron chi connectivity index (χ4n) is 5.58. The van der Waals surface area contributed by atoms with Crippen molar-refractivity contribution in [2.24, 2.45) is 0 Å². The van der Waals surface area contributed by atoms with Gasteiger partial charge in [0.15, 0.2) is 0 Å².